The van der Waals surface area contributed by atoms with E-state index < -0.39 is 5.79 Å². The molecule has 1 saturated carbocycles. The third kappa shape index (κ3) is 5.49. The number of benzene rings is 1. The van der Waals surface area contributed by atoms with Crippen molar-refractivity contribution in [1.29, 1.82) is 0 Å². The summed E-state index contributed by atoms with van der Waals surface area (Å²) in [6, 6.07) is 3.88. The number of amides is 1. The summed E-state index contributed by atoms with van der Waals surface area (Å²) in [5, 5.41) is 11.0. The van der Waals surface area contributed by atoms with Crippen LogP contribution >= 0.6 is 23.4 Å². The lowest BCUT2D eigenvalue weighted by Crippen LogP contribution is -2.46. The fourth-order valence-corrected chi connectivity index (χ4v) is 6.48. The number of hydrogen-bond donors (Lipinski definition) is 3. The summed E-state index contributed by atoms with van der Waals surface area (Å²) in [7, 11) is 1.91. The summed E-state index contributed by atoms with van der Waals surface area (Å²) in [6.45, 7) is 5.72. The quantitative estimate of drug-likeness (QED) is 0.335. The lowest BCUT2D eigenvalue weighted by atomic mass is 9.81. The van der Waals surface area contributed by atoms with Crippen molar-refractivity contribution >= 4 is 35.0 Å². The molecule has 208 valence electrons. The van der Waals surface area contributed by atoms with Crippen LogP contribution in [0.15, 0.2) is 34.2 Å². The van der Waals surface area contributed by atoms with Gasteiger partial charge in [-0.1, -0.05) is 11.6 Å². The summed E-state index contributed by atoms with van der Waals surface area (Å²) in [6.07, 6.45) is 9.54. The lowest BCUT2D eigenvalue weighted by molar-refractivity contribution is -0.120. The van der Waals surface area contributed by atoms with E-state index in [-0.39, 0.29) is 23.9 Å². The Morgan fingerprint density at radius 3 is 2.62 bits per heavy atom. The zero-order valence-electron chi connectivity index (χ0n) is 22.8. The molecule has 1 fully saturated rings. The van der Waals surface area contributed by atoms with Crippen molar-refractivity contribution in [2.24, 2.45) is 13.0 Å². The minimum Gasteiger partial charge on any atom is -0.448 e. The van der Waals surface area contributed by atoms with Gasteiger partial charge in [0.05, 0.1) is 16.9 Å². The van der Waals surface area contributed by atoms with Gasteiger partial charge in [0.25, 0.3) is 17.3 Å². The molecule has 0 spiro atoms. The number of halogens is 1. The number of pyridine rings is 1. The minimum absolute atomic E-state index is 0.101. The number of rotatable bonds is 7. The second kappa shape index (κ2) is 10.8. The maximum Gasteiger partial charge on any atom is 0.254 e. The highest BCUT2D eigenvalue weighted by Crippen LogP contribution is 2.51. The fraction of sp³-hybridized carbons (Fsp3) is 0.464. The molecule has 1 amide bonds. The van der Waals surface area contributed by atoms with Gasteiger partial charge in [-0.25, -0.2) is 0 Å². The number of carbonyl (C=O) groups excluding carboxylic acids is 1. The predicted octanol–water partition coefficient (Wildman–Crippen LogP) is 5.19. The monoisotopic (exact) mass is 571 g/mol. The van der Waals surface area contributed by atoms with Crippen LogP contribution in [0.2, 0.25) is 5.02 Å². The number of nitrogens with one attached hydrogen (secondary N) is 3. The van der Waals surface area contributed by atoms with Gasteiger partial charge in [0.1, 0.15) is 0 Å². The summed E-state index contributed by atoms with van der Waals surface area (Å²) in [4.78, 5) is 29.3. The molecule has 5 rings (SSSR count). The van der Waals surface area contributed by atoms with E-state index >= 15 is 0 Å². The smallest absolute Gasteiger partial charge is 0.254 e. The first kappa shape index (κ1) is 27.5. The van der Waals surface area contributed by atoms with Crippen molar-refractivity contribution in [3.05, 3.63) is 62.3 Å². The Kier molecular flexibility index (Phi) is 7.61. The van der Waals surface area contributed by atoms with E-state index in [1.54, 1.807) is 10.7 Å². The molecule has 3 N–H and O–H groups in total. The number of ether oxygens (including phenoxy) is 2. The maximum atomic E-state index is 13.2. The lowest BCUT2D eigenvalue weighted by Gasteiger charge is -2.37. The molecule has 1 unspecified atom stereocenters. The number of anilines is 1. The Bertz CT molecular complexity index is 1460. The van der Waals surface area contributed by atoms with Crippen LogP contribution < -0.4 is 25.7 Å². The van der Waals surface area contributed by atoms with Crippen LogP contribution in [0.25, 0.3) is 0 Å². The van der Waals surface area contributed by atoms with Gasteiger partial charge in [-0.3, -0.25) is 14.3 Å². The zero-order chi connectivity index (χ0) is 27.9. The average molecular weight is 572 g/mol. The van der Waals surface area contributed by atoms with E-state index in [0.29, 0.717) is 39.3 Å². The van der Waals surface area contributed by atoms with Crippen molar-refractivity contribution in [3.8, 4) is 11.5 Å². The van der Waals surface area contributed by atoms with Crippen molar-refractivity contribution in [2.75, 3.05) is 11.6 Å². The molecule has 1 aliphatic carbocycles. The van der Waals surface area contributed by atoms with Crippen LogP contribution in [0.5, 0.6) is 11.5 Å². The largest absolute Gasteiger partial charge is 0.448 e. The highest BCUT2D eigenvalue weighted by molar-refractivity contribution is 7.98. The number of aromatic nitrogens is 3. The molecule has 1 aromatic carbocycles. The molecular weight excluding hydrogens is 538 g/mol. The second-order valence-electron chi connectivity index (χ2n) is 10.5. The molecule has 3 aromatic rings. The first-order chi connectivity index (χ1) is 18.6. The Labute approximate surface area is 237 Å². The topological polar surface area (TPSA) is 110 Å². The average Bonchev–Trinajstić information content (AvgIpc) is 3.49. The van der Waals surface area contributed by atoms with Crippen LogP contribution in [-0.2, 0) is 13.6 Å². The highest BCUT2D eigenvalue weighted by atomic mass is 35.5. The van der Waals surface area contributed by atoms with Crippen molar-refractivity contribution in [3.63, 3.8) is 0 Å². The number of nitrogens with zero attached hydrogens (tertiary/aromatic N) is 2. The van der Waals surface area contributed by atoms with Crippen molar-refractivity contribution in [2.45, 2.75) is 69.7 Å². The first-order valence-corrected chi connectivity index (χ1v) is 14.7. The van der Waals surface area contributed by atoms with Gasteiger partial charge in [-0.05, 0) is 57.9 Å². The van der Waals surface area contributed by atoms with E-state index in [1.807, 2.05) is 52.5 Å². The zero-order valence-corrected chi connectivity index (χ0v) is 24.4. The molecule has 1 atom stereocenters. The normalized spacial score (nSPS) is 22.1. The van der Waals surface area contributed by atoms with Crippen LogP contribution in [0, 0.1) is 19.8 Å². The van der Waals surface area contributed by atoms with Gasteiger partial charge in [-0.2, -0.15) is 5.10 Å². The summed E-state index contributed by atoms with van der Waals surface area (Å²) < 4.78 is 14.6. The van der Waals surface area contributed by atoms with Gasteiger partial charge in [0, 0.05) is 66.0 Å². The molecule has 0 bridgehead atoms. The number of aromatic amines is 1. The number of hydrogen-bond acceptors (Lipinski definition) is 7. The molecule has 39 heavy (non-hydrogen) atoms. The van der Waals surface area contributed by atoms with Crippen LogP contribution in [0.1, 0.15) is 59.8 Å². The van der Waals surface area contributed by atoms with Gasteiger partial charge in [0.15, 0.2) is 11.5 Å². The number of H-pyrrole nitrogens is 1. The molecule has 2 aliphatic rings. The molecule has 0 radical (unpaired) electrons. The third-order valence-corrected chi connectivity index (χ3v) is 8.80. The van der Waals surface area contributed by atoms with Gasteiger partial charge in [-0.15, -0.1) is 11.8 Å². The Hall–Kier alpha value is -3.11. The summed E-state index contributed by atoms with van der Waals surface area (Å²) >= 11 is 8.09. The highest BCUT2D eigenvalue weighted by Gasteiger charge is 2.47. The third-order valence-electron chi connectivity index (χ3n) is 7.71. The molecule has 0 saturated heterocycles. The number of thioether (sulfide) groups is 1. The first-order valence-electron chi connectivity index (χ1n) is 13.1. The Morgan fingerprint density at radius 1 is 1.23 bits per heavy atom. The van der Waals surface area contributed by atoms with Crippen LogP contribution in [0.3, 0.4) is 0 Å². The van der Waals surface area contributed by atoms with E-state index in [2.05, 4.69) is 20.7 Å². The SMILES string of the molecule is CSc1cc(C)[nH]c(=O)c1CNC(=O)c1cc(Cl)c2c(c1C)OC(C)(C1CCC(Nc3cnn(C)c3)CC1)O2. The van der Waals surface area contributed by atoms with Gasteiger partial charge < -0.3 is 25.1 Å². The predicted molar refractivity (Wildman–Crippen MR) is 153 cm³/mol. The fourth-order valence-electron chi connectivity index (χ4n) is 5.54. The molecular formula is C28H34ClN5O4S. The Morgan fingerprint density at radius 2 is 1.95 bits per heavy atom. The molecule has 1 aliphatic heterocycles. The molecule has 11 heteroatoms. The molecule has 3 heterocycles. The number of fused-ring (bicyclic) bond motifs is 1. The molecule has 9 nitrogen and oxygen atoms in total. The number of carbonyl (C=O) groups is 1. The summed E-state index contributed by atoms with van der Waals surface area (Å²) in [5.41, 5.74) is 3.17. The van der Waals surface area contributed by atoms with E-state index in [0.717, 1.165) is 42.0 Å². The van der Waals surface area contributed by atoms with Crippen LogP contribution in [-0.4, -0.2) is 38.8 Å². The van der Waals surface area contributed by atoms with E-state index in [1.165, 1.54) is 11.8 Å². The van der Waals surface area contributed by atoms with Crippen molar-refractivity contribution in [1.82, 2.24) is 20.1 Å². The van der Waals surface area contributed by atoms with Crippen molar-refractivity contribution < 1.29 is 14.3 Å². The standard InChI is InChI=1S/C28H34ClN5O4S/c1-15-10-23(39-5)21(27(36)32-15)13-30-26(35)20-11-22(29)25-24(16(20)2)37-28(3,38-25)17-6-8-18(9-7-17)33-19-12-31-34(4)14-19/h10-12,14,17-18,33H,6-9,13H2,1-5H3,(H,30,35)(H,32,36). The van der Waals surface area contributed by atoms with Crippen LogP contribution in [0.4, 0.5) is 5.69 Å². The van der Waals surface area contributed by atoms with E-state index in [4.69, 9.17) is 21.1 Å². The van der Waals surface area contributed by atoms with E-state index in [9.17, 15) is 9.59 Å². The minimum atomic E-state index is -0.868. The summed E-state index contributed by atoms with van der Waals surface area (Å²) in [5.74, 6) is -0.0495. The molecule has 2 aromatic heterocycles. The Balaban J connectivity index is 1.27. The van der Waals surface area contributed by atoms with Gasteiger partial charge >= 0.3 is 0 Å². The second-order valence-corrected chi connectivity index (χ2v) is 11.8. The number of aryl methyl sites for hydroxylation is 2. The van der Waals surface area contributed by atoms with Gasteiger partial charge in [0.2, 0.25) is 0 Å². The maximum absolute atomic E-state index is 13.2.